The van der Waals surface area contributed by atoms with Gasteiger partial charge in [0.1, 0.15) is 21.5 Å². The van der Waals surface area contributed by atoms with Crippen molar-refractivity contribution in [3.8, 4) is 16.3 Å². The first-order chi connectivity index (χ1) is 13.0. The Labute approximate surface area is 164 Å². The number of carbonyl (C=O) groups is 2. The molecule has 1 aromatic carbocycles. The molecule has 2 aromatic heterocycles. The molecule has 0 radical (unpaired) electrons. The lowest BCUT2D eigenvalue weighted by Crippen LogP contribution is -2.14. The predicted octanol–water partition coefficient (Wildman–Crippen LogP) is 4.62. The van der Waals surface area contributed by atoms with Crippen molar-refractivity contribution >= 4 is 39.6 Å². The van der Waals surface area contributed by atoms with Crippen molar-refractivity contribution < 1.29 is 19.1 Å². The summed E-state index contributed by atoms with van der Waals surface area (Å²) in [6, 6.07) is 9.20. The number of para-hydroxylation sites is 1. The molecule has 140 valence electrons. The number of nitrogens with zero attached hydrogens (tertiary/aromatic N) is 1. The van der Waals surface area contributed by atoms with Crippen molar-refractivity contribution in [1.29, 1.82) is 0 Å². The summed E-state index contributed by atoms with van der Waals surface area (Å²) in [6.07, 6.45) is 0. The van der Waals surface area contributed by atoms with Crippen molar-refractivity contribution in [3.63, 3.8) is 0 Å². The molecule has 0 unspecified atom stereocenters. The zero-order valence-corrected chi connectivity index (χ0v) is 16.7. The molecule has 0 bridgehead atoms. The molecule has 2 heterocycles. The molecule has 0 aliphatic rings. The van der Waals surface area contributed by atoms with Gasteiger partial charge in [-0.1, -0.05) is 12.1 Å². The Morgan fingerprint density at radius 3 is 2.78 bits per heavy atom. The van der Waals surface area contributed by atoms with Gasteiger partial charge in [0, 0.05) is 10.3 Å². The van der Waals surface area contributed by atoms with Gasteiger partial charge < -0.3 is 14.8 Å². The number of hydrogen-bond acceptors (Lipinski definition) is 7. The number of aromatic nitrogens is 1. The second kappa shape index (κ2) is 8.32. The second-order valence-corrected chi connectivity index (χ2v) is 7.63. The van der Waals surface area contributed by atoms with E-state index < -0.39 is 5.97 Å². The largest absolute Gasteiger partial charge is 0.496 e. The number of benzene rings is 1. The number of thiophene rings is 1. The average Bonchev–Trinajstić information content (AvgIpc) is 3.29. The lowest BCUT2D eigenvalue weighted by molar-refractivity contribution is 0.0528. The topological polar surface area (TPSA) is 77.5 Å². The van der Waals surface area contributed by atoms with Crippen molar-refractivity contribution in [1.82, 2.24) is 4.98 Å². The standard InChI is InChI=1S/C19H18N2O4S2/c1-4-25-19(23)13-9-11(2)27-18(13)21-16(22)14-10-26-17(20-14)12-7-5-6-8-15(12)24-3/h5-10H,4H2,1-3H3,(H,21,22). The number of thiazole rings is 1. The fourth-order valence-electron chi connectivity index (χ4n) is 2.46. The zero-order valence-electron chi connectivity index (χ0n) is 15.1. The highest BCUT2D eigenvalue weighted by molar-refractivity contribution is 7.16. The van der Waals surface area contributed by atoms with E-state index in [4.69, 9.17) is 9.47 Å². The van der Waals surface area contributed by atoms with E-state index in [2.05, 4.69) is 10.3 Å². The Morgan fingerprint density at radius 2 is 2.04 bits per heavy atom. The molecule has 8 heteroatoms. The number of methoxy groups -OCH3 is 1. The van der Waals surface area contributed by atoms with E-state index in [9.17, 15) is 9.59 Å². The second-order valence-electron chi connectivity index (χ2n) is 5.51. The third-order valence-electron chi connectivity index (χ3n) is 3.65. The molecule has 0 fully saturated rings. The number of aryl methyl sites for hydroxylation is 1. The van der Waals surface area contributed by atoms with Gasteiger partial charge in [0.05, 0.1) is 24.8 Å². The van der Waals surface area contributed by atoms with E-state index in [0.717, 1.165) is 10.4 Å². The van der Waals surface area contributed by atoms with Crippen LogP contribution in [0.1, 0.15) is 32.6 Å². The molecule has 0 saturated heterocycles. The SMILES string of the molecule is CCOC(=O)c1cc(C)sc1NC(=O)c1csc(-c2ccccc2OC)n1. The molecular formula is C19H18N2O4S2. The quantitative estimate of drug-likeness (QED) is 0.609. The van der Waals surface area contributed by atoms with Crippen LogP contribution in [0, 0.1) is 6.92 Å². The van der Waals surface area contributed by atoms with Gasteiger partial charge >= 0.3 is 5.97 Å². The summed E-state index contributed by atoms with van der Waals surface area (Å²) in [7, 11) is 1.59. The summed E-state index contributed by atoms with van der Waals surface area (Å²) in [5, 5.41) is 5.60. The minimum absolute atomic E-state index is 0.273. The maximum Gasteiger partial charge on any atom is 0.341 e. The first-order valence-corrected chi connectivity index (χ1v) is 9.91. The molecule has 1 N–H and O–H groups in total. The maximum absolute atomic E-state index is 12.6. The summed E-state index contributed by atoms with van der Waals surface area (Å²) in [5.74, 6) is -0.137. The van der Waals surface area contributed by atoms with Crippen LogP contribution in [0.15, 0.2) is 35.7 Å². The molecule has 0 spiro atoms. The molecule has 0 saturated carbocycles. The van der Waals surface area contributed by atoms with Crippen LogP contribution < -0.4 is 10.1 Å². The van der Waals surface area contributed by atoms with Crippen LogP contribution in [-0.4, -0.2) is 30.6 Å². The Bertz CT molecular complexity index is 978. The van der Waals surface area contributed by atoms with Crippen LogP contribution in [0.4, 0.5) is 5.00 Å². The van der Waals surface area contributed by atoms with Crippen LogP contribution >= 0.6 is 22.7 Å². The maximum atomic E-state index is 12.6. The third-order valence-corrected chi connectivity index (χ3v) is 5.49. The first-order valence-electron chi connectivity index (χ1n) is 8.21. The Kier molecular flexibility index (Phi) is 5.88. The molecule has 6 nitrogen and oxygen atoms in total. The highest BCUT2D eigenvalue weighted by atomic mass is 32.1. The highest BCUT2D eigenvalue weighted by Crippen LogP contribution is 2.33. The van der Waals surface area contributed by atoms with Crippen LogP contribution in [-0.2, 0) is 4.74 Å². The normalized spacial score (nSPS) is 10.5. The smallest absolute Gasteiger partial charge is 0.341 e. The van der Waals surface area contributed by atoms with Gasteiger partial charge in [-0.25, -0.2) is 9.78 Å². The van der Waals surface area contributed by atoms with E-state index in [-0.39, 0.29) is 18.2 Å². The lowest BCUT2D eigenvalue weighted by Gasteiger charge is -2.05. The Balaban J connectivity index is 1.83. The molecule has 1 amide bonds. The molecule has 27 heavy (non-hydrogen) atoms. The van der Waals surface area contributed by atoms with Crippen molar-refractivity contribution in [2.24, 2.45) is 0 Å². The number of amides is 1. The highest BCUT2D eigenvalue weighted by Gasteiger charge is 2.20. The van der Waals surface area contributed by atoms with E-state index in [1.54, 1.807) is 25.5 Å². The number of esters is 1. The lowest BCUT2D eigenvalue weighted by atomic mass is 10.2. The third kappa shape index (κ3) is 4.17. The van der Waals surface area contributed by atoms with Gasteiger partial charge in [-0.2, -0.15) is 0 Å². The van der Waals surface area contributed by atoms with Crippen molar-refractivity contribution in [3.05, 3.63) is 51.8 Å². The van der Waals surface area contributed by atoms with E-state index in [1.165, 1.54) is 22.7 Å². The first kappa shape index (κ1) is 19.1. The Hall–Kier alpha value is -2.71. The van der Waals surface area contributed by atoms with Crippen LogP contribution in [0.3, 0.4) is 0 Å². The summed E-state index contributed by atoms with van der Waals surface area (Å²) >= 11 is 2.68. The van der Waals surface area contributed by atoms with Crippen LogP contribution in [0.2, 0.25) is 0 Å². The molecule has 0 atom stereocenters. The van der Waals surface area contributed by atoms with Gasteiger partial charge in [0.25, 0.3) is 5.91 Å². The number of anilines is 1. The monoisotopic (exact) mass is 402 g/mol. The fraction of sp³-hybridized carbons (Fsp3) is 0.211. The molecule has 3 rings (SSSR count). The zero-order chi connectivity index (χ0) is 19.4. The van der Waals surface area contributed by atoms with Gasteiger partial charge in [-0.3, -0.25) is 4.79 Å². The number of nitrogens with one attached hydrogen (secondary N) is 1. The molecule has 0 aliphatic carbocycles. The Morgan fingerprint density at radius 1 is 1.26 bits per heavy atom. The summed E-state index contributed by atoms with van der Waals surface area (Å²) in [5.41, 5.74) is 1.46. The summed E-state index contributed by atoms with van der Waals surface area (Å²) < 4.78 is 10.4. The van der Waals surface area contributed by atoms with Gasteiger partial charge in [-0.15, -0.1) is 22.7 Å². The van der Waals surface area contributed by atoms with E-state index in [1.807, 2.05) is 31.2 Å². The van der Waals surface area contributed by atoms with Crippen molar-refractivity contribution in [2.45, 2.75) is 13.8 Å². The fourth-order valence-corrected chi connectivity index (χ4v) is 4.18. The molecule has 0 aliphatic heterocycles. The van der Waals surface area contributed by atoms with Gasteiger partial charge in [0.15, 0.2) is 0 Å². The number of carbonyl (C=O) groups excluding carboxylic acids is 2. The summed E-state index contributed by atoms with van der Waals surface area (Å²) in [4.78, 5) is 30.0. The van der Waals surface area contributed by atoms with E-state index in [0.29, 0.717) is 21.3 Å². The van der Waals surface area contributed by atoms with Gasteiger partial charge in [0.2, 0.25) is 0 Å². The number of hydrogen-bond donors (Lipinski definition) is 1. The number of ether oxygens (including phenoxy) is 2. The average molecular weight is 402 g/mol. The minimum atomic E-state index is -0.454. The van der Waals surface area contributed by atoms with E-state index >= 15 is 0 Å². The van der Waals surface area contributed by atoms with Crippen molar-refractivity contribution in [2.75, 3.05) is 19.0 Å². The van der Waals surface area contributed by atoms with Crippen LogP contribution in [0.5, 0.6) is 5.75 Å². The summed E-state index contributed by atoms with van der Waals surface area (Å²) in [6.45, 7) is 3.88. The number of rotatable bonds is 6. The van der Waals surface area contributed by atoms with Crippen LogP contribution in [0.25, 0.3) is 10.6 Å². The van der Waals surface area contributed by atoms with Gasteiger partial charge in [-0.05, 0) is 32.0 Å². The molecular weight excluding hydrogens is 384 g/mol. The minimum Gasteiger partial charge on any atom is -0.496 e. The molecule has 3 aromatic rings. The predicted molar refractivity (Wildman–Crippen MR) is 107 cm³/mol.